The van der Waals surface area contributed by atoms with Crippen LogP contribution < -0.4 is 10.6 Å². The maximum absolute atomic E-state index is 12.1. The van der Waals surface area contributed by atoms with Crippen LogP contribution in [0, 0.1) is 12.8 Å². The van der Waals surface area contributed by atoms with E-state index in [0.29, 0.717) is 5.92 Å². The van der Waals surface area contributed by atoms with Crippen molar-refractivity contribution >= 4 is 18.3 Å². The number of hydrogen-bond donors (Lipinski definition) is 2. The maximum atomic E-state index is 12.1. The number of nitrogens with one attached hydrogen (secondary N) is 2. The van der Waals surface area contributed by atoms with Crippen LogP contribution in [0.15, 0.2) is 10.6 Å². The summed E-state index contributed by atoms with van der Waals surface area (Å²) in [6.45, 7) is 6.61. The Morgan fingerprint density at radius 3 is 3.04 bits per heavy atom. The quantitative estimate of drug-likeness (QED) is 0.848. The topological polar surface area (TPSA) is 70.4 Å². The summed E-state index contributed by atoms with van der Waals surface area (Å²) < 4.78 is 5.30. The van der Waals surface area contributed by atoms with Crippen molar-refractivity contribution in [3.8, 4) is 0 Å². The highest BCUT2D eigenvalue weighted by Gasteiger charge is 2.25. The lowest BCUT2D eigenvalue weighted by Crippen LogP contribution is -2.45. The van der Waals surface area contributed by atoms with Crippen LogP contribution in [0.5, 0.6) is 0 Å². The van der Waals surface area contributed by atoms with Gasteiger partial charge in [0.15, 0.2) is 5.76 Å². The van der Waals surface area contributed by atoms with Gasteiger partial charge in [0.05, 0.1) is 18.3 Å². The number of piperidine rings is 1. The zero-order chi connectivity index (χ0) is 15.4. The molecule has 3 rings (SSSR count). The molecule has 0 aliphatic carbocycles. The van der Waals surface area contributed by atoms with E-state index in [2.05, 4.69) is 20.7 Å². The Morgan fingerprint density at radius 2 is 2.35 bits per heavy atom. The van der Waals surface area contributed by atoms with Gasteiger partial charge in [-0.05, 0) is 51.6 Å². The first-order chi connectivity index (χ1) is 10.7. The van der Waals surface area contributed by atoms with Gasteiger partial charge in [0, 0.05) is 19.2 Å². The van der Waals surface area contributed by atoms with Crippen molar-refractivity contribution in [1.29, 1.82) is 0 Å². The number of rotatable bonds is 5. The molecule has 0 radical (unpaired) electrons. The van der Waals surface area contributed by atoms with Crippen LogP contribution in [-0.2, 0) is 11.3 Å². The third kappa shape index (κ3) is 5.19. The molecule has 1 amide bonds. The van der Waals surface area contributed by atoms with Crippen molar-refractivity contribution in [3.05, 3.63) is 17.5 Å². The number of aryl methyl sites for hydroxylation is 1. The van der Waals surface area contributed by atoms with Gasteiger partial charge in [0.2, 0.25) is 5.91 Å². The molecule has 0 bridgehead atoms. The van der Waals surface area contributed by atoms with Crippen molar-refractivity contribution in [2.75, 3.05) is 26.2 Å². The van der Waals surface area contributed by atoms with Crippen molar-refractivity contribution in [3.63, 3.8) is 0 Å². The van der Waals surface area contributed by atoms with E-state index in [4.69, 9.17) is 4.52 Å². The highest BCUT2D eigenvalue weighted by molar-refractivity contribution is 5.85. The van der Waals surface area contributed by atoms with E-state index < -0.39 is 0 Å². The third-order valence-electron chi connectivity index (χ3n) is 4.60. The second-order valence-electron chi connectivity index (χ2n) is 6.57. The number of aromatic nitrogens is 1. The molecule has 23 heavy (non-hydrogen) atoms. The highest BCUT2D eigenvalue weighted by atomic mass is 35.5. The van der Waals surface area contributed by atoms with Gasteiger partial charge in [-0.15, -0.1) is 12.4 Å². The molecule has 130 valence electrons. The monoisotopic (exact) mass is 342 g/mol. The highest BCUT2D eigenvalue weighted by Crippen LogP contribution is 2.18. The summed E-state index contributed by atoms with van der Waals surface area (Å²) in [6.07, 6.45) is 4.43. The summed E-state index contributed by atoms with van der Waals surface area (Å²) in [7, 11) is 0. The Kier molecular flexibility index (Phi) is 6.87. The zero-order valence-electron chi connectivity index (χ0n) is 13.7. The van der Waals surface area contributed by atoms with Crippen LogP contribution in [0.4, 0.5) is 0 Å². The number of carbonyl (C=O) groups is 1. The number of halogens is 1. The van der Waals surface area contributed by atoms with Crippen LogP contribution in [0.3, 0.4) is 0 Å². The smallest absolute Gasteiger partial charge is 0.237 e. The molecule has 2 saturated heterocycles. The molecule has 2 N–H and O–H groups in total. The predicted octanol–water partition coefficient (Wildman–Crippen LogP) is 1.49. The van der Waals surface area contributed by atoms with Gasteiger partial charge in [0.25, 0.3) is 0 Å². The van der Waals surface area contributed by atoms with E-state index >= 15 is 0 Å². The fraction of sp³-hybridized carbons (Fsp3) is 0.750. The Balaban J connectivity index is 0.00000192. The largest absolute Gasteiger partial charge is 0.360 e. The Bertz CT molecular complexity index is 502. The van der Waals surface area contributed by atoms with Gasteiger partial charge in [-0.3, -0.25) is 9.69 Å². The molecule has 6 nitrogen and oxygen atoms in total. The SMILES string of the molecule is Cc1cc(CN2CCCC(CNC(=O)C3CCCN3)C2)on1.Cl. The summed E-state index contributed by atoms with van der Waals surface area (Å²) in [6, 6.07) is 2.02. The first-order valence-electron chi connectivity index (χ1n) is 8.36. The second kappa shape index (κ2) is 8.66. The Labute approximate surface area is 143 Å². The summed E-state index contributed by atoms with van der Waals surface area (Å²) >= 11 is 0. The normalized spacial score (nSPS) is 25.1. The number of amides is 1. The fourth-order valence-electron chi connectivity index (χ4n) is 3.45. The average Bonchev–Trinajstić information content (AvgIpc) is 3.17. The van der Waals surface area contributed by atoms with Gasteiger partial charge < -0.3 is 15.2 Å². The zero-order valence-corrected chi connectivity index (χ0v) is 14.5. The lowest BCUT2D eigenvalue weighted by atomic mass is 9.97. The van der Waals surface area contributed by atoms with Crippen LogP contribution in [0.25, 0.3) is 0 Å². The Morgan fingerprint density at radius 1 is 1.48 bits per heavy atom. The summed E-state index contributed by atoms with van der Waals surface area (Å²) in [5.74, 6) is 1.63. The standard InChI is InChI=1S/C16H26N4O2.ClH/c1-12-8-14(22-19-12)11-20-7-3-4-13(10-20)9-18-16(21)15-5-2-6-17-15;/h8,13,15,17H,2-7,9-11H2,1H3,(H,18,21);1H. The van der Waals surface area contributed by atoms with E-state index in [1.54, 1.807) is 0 Å². The van der Waals surface area contributed by atoms with E-state index in [1.807, 2.05) is 13.0 Å². The van der Waals surface area contributed by atoms with E-state index in [9.17, 15) is 4.79 Å². The van der Waals surface area contributed by atoms with Crippen LogP contribution >= 0.6 is 12.4 Å². The van der Waals surface area contributed by atoms with E-state index in [1.165, 1.54) is 12.8 Å². The average molecular weight is 343 g/mol. The minimum absolute atomic E-state index is 0. The van der Waals surface area contributed by atoms with Crippen molar-refractivity contribution in [2.45, 2.75) is 45.2 Å². The molecule has 0 aromatic carbocycles. The van der Waals surface area contributed by atoms with Gasteiger partial charge in [-0.25, -0.2) is 0 Å². The second-order valence-corrected chi connectivity index (χ2v) is 6.57. The molecule has 7 heteroatoms. The van der Waals surface area contributed by atoms with E-state index in [-0.39, 0.29) is 24.4 Å². The van der Waals surface area contributed by atoms with Gasteiger partial charge in [-0.1, -0.05) is 5.16 Å². The van der Waals surface area contributed by atoms with Gasteiger partial charge in [-0.2, -0.15) is 0 Å². The minimum atomic E-state index is 0. The van der Waals surface area contributed by atoms with Crippen molar-refractivity contribution in [1.82, 2.24) is 20.7 Å². The summed E-state index contributed by atoms with van der Waals surface area (Å²) in [4.78, 5) is 14.4. The number of carbonyl (C=O) groups excluding carboxylic acids is 1. The fourth-order valence-corrected chi connectivity index (χ4v) is 3.45. The summed E-state index contributed by atoms with van der Waals surface area (Å²) in [5, 5.41) is 10.3. The molecule has 3 heterocycles. The molecule has 2 fully saturated rings. The van der Waals surface area contributed by atoms with Crippen LogP contribution in [0.1, 0.15) is 37.1 Å². The number of nitrogens with zero attached hydrogens (tertiary/aromatic N) is 2. The molecule has 2 aliphatic heterocycles. The summed E-state index contributed by atoms with van der Waals surface area (Å²) in [5.41, 5.74) is 0.930. The lowest BCUT2D eigenvalue weighted by Gasteiger charge is -2.32. The van der Waals surface area contributed by atoms with Crippen molar-refractivity contribution < 1.29 is 9.32 Å². The predicted molar refractivity (Wildman–Crippen MR) is 90.5 cm³/mol. The Hall–Kier alpha value is -1.11. The molecular weight excluding hydrogens is 316 g/mol. The molecular formula is C16H27ClN4O2. The minimum Gasteiger partial charge on any atom is -0.360 e. The first kappa shape index (κ1) is 18.2. The van der Waals surface area contributed by atoms with Gasteiger partial charge in [0.1, 0.15) is 0 Å². The molecule has 1 aromatic heterocycles. The molecule has 2 unspecified atom stereocenters. The number of likely N-dealkylation sites (tertiary alicyclic amines) is 1. The number of hydrogen-bond acceptors (Lipinski definition) is 5. The maximum Gasteiger partial charge on any atom is 0.237 e. The third-order valence-corrected chi connectivity index (χ3v) is 4.60. The van der Waals surface area contributed by atoms with Gasteiger partial charge >= 0.3 is 0 Å². The van der Waals surface area contributed by atoms with Crippen molar-refractivity contribution in [2.24, 2.45) is 5.92 Å². The molecule has 0 spiro atoms. The first-order valence-corrected chi connectivity index (χ1v) is 8.36. The molecule has 1 aromatic rings. The lowest BCUT2D eigenvalue weighted by molar-refractivity contribution is -0.123. The molecule has 0 saturated carbocycles. The molecule has 2 aliphatic rings. The van der Waals surface area contributed by atoms with E-state index in [0.717, 1.165) is 57.0 Å². The van der Waals surface area contributed by atoms with Crippen LogP contribution in [-0.4, -0.2) is 48.2 Å². The van der Waals surface area contributed by atoms with Crippen LogP contribution in [0.2, 0.25) is 0 Å². The molecule has 2 atom stereocenters.